The number of hydrogen-bond donors (Lipinski definition) is 2. The Hall–Kier alpha value is -0.120. The maximum Gasteiger partial charge on any atom is 0.0389 e. The van der Waals surface area contributed by atoms with Crippen molar-refractivity contribution in [2.45, 2.75) is 59.0 Å². The zero-order valence-electron chi connectivity index (χ0n) is 10.4. The molecule has 0 aliphatic heterocycles. The molecule has 14 heavy (non-hydrogen) atoms. The van der Waals surface area contributed by atoms with E-state index < -0.39 is 0 Å². The van der Waals surface area contributed by atoms with Gasteiger partial charge in [0.05, 0.1) is 0 Å². The molecule has 0 aromatic rings. The van der Waals surface area contributed by atoms with E-state index in [9.17, 15) is 0 Å². The van der Waals surface area contributed by atoms with Crippen LogP contribution in [0.25, 0.3) is 0 Å². The van der Waals surface area contributed by atoms with Crippen molar-refractivity contribution in [3.63, 3.8) is 0 Å². The molecule has 0 radical (unpaired) electrons. The van der Waals surface area contributed by atoms with E-state index in [1.807, 2.05) is 0 Å². The van der Waals surface area contributed by atoms with Crippen molar-refractivity contribution >= 4 is 0 Å². The summed E-state index contributed by atoms with van der Waals surface area (Å²) in [5, 5.41) is 0. The lowest BCUT2D eigenvalue weighted by Crippen LogP contribution is -2.59. The summed E-state index contributed by atoms with van der Waals surface area (Å²) in [6.07, 6.45) is 2.29. The molecule has 3 heteroatoms. The molecule has 1 atom stereocenters. The third-order valence-corrected chi connectivity index (χ3v) is 3.21. The average Bonchev–Trinajstić information content (AvgIpc) is 2.15. The summed E-state index contributed by atoms with van der Waals surface area (Å²) >= 11 is 0. The van der Waals surface area contributed by atoms with E-state index in [1.54, 1.807) is 0 Å². The van der Waals surface area contributed by atoms with Gasteiger partial charge in [-0.1, -0.05) is 27.2 Å². The van der Waals surface area contributed by atoms with E-state index in [0.29, 0.717) is 6.04 Å². The lowest BCUT2D eigenvalue weighted by molar-refractivity contribution is 0.0872. The number of hydrazine groups is 1. The van der Waals surface area contributed by atoms with Crippen LogP contribution in [0.15, 0.2) is 0 Å². The van der Waals surface area contributed by atoms with E-state index in [1.165, 1.54) is 6.42 Å². The number of hydrogen-bond acceptors (Lipinski definition) is 3. The Morgan fingerprint density at radius 1 is 1.21 bits per heavy atom. The minimum atomic E-state index is 0.133. The van der Waals surface area contributed by atoms with Gasteiger partial charge < -0.3 is 0 Å². The lowest BCUT2D eigenvalue weighted by atomic mass is 9.89. The van der Waals surface area contributed by atoms with Crippen molar-refractivity contribution < 1.29 is 0 Å². The fraction of sp³-hybridized carbons (Fsp3) is 1.00. The molecule has 0 heterocycles. The fourth-order valence-corrected chi connectivity index (χ4v) is 2.19. The molecule has 0 saturated carbocycles. The minimum Gasteiger partial charge on any atom is -0.297 e. The molecular formula is C11H27N3. The molecule has 0 saturated heterocycles. The summed E-state index contributed by atoms with van der Waals surface area (Å²) in [7, 11) is 0. The molecular weight excluding hydrogens is 174 g/mol. The second kappa shape index (κ2) is 6.38. The van der Waals surface area contributed by atoms with Crippen LogP contribution in [0.4, 0.5) is 0 Å². The maximum atomic E-state index is 5.62. The van der Waals surface area contributed by atoms with Gasteiger partial charge in [-0.2, -0.15) is 0 Å². The topological polar surface area (TPSA) is 41.3 Å². The van der Waals surface area contributed by atoms with Crippen LogP contribution in [-0.4, -0.2) is 29.6 Å². The summed E-state index contributed by atoms with van der Waals surface area (Å²) < 4.78 is 0. The van der Waals surface area contributed by atoms with E-state index in [-0.39, 0.29) is 5.54 Å². The van der Waals surface area contributed by atoms with Gasteiger partial charge in [-0.15, -0.1) is 0 Å². The van der Waals surface area contributed by atoms with Crippen molar-refractivity contribution in [3.8, 4) is 0 Å². The largest absolute Gasteiger partial charge is 0.297 e. The Bertz CT molecular complexity index is 141. The van der Waals surface area contributed by atoms with Crippen LogP contribution in [0.3, 0.4) is 0 Å². The van der Waals surface area contributed by atoms with Gasteiger partial charge in [0.15, 0.2) is 0 Å². The highest BCUT2D eigenvalue weighted by Crippen LogP contribution is 2.21. The van der Waals surface area contributed by atoms with Crippen LogP contribution in [0.5, 0.6) is 0 Å². The maximum absolute atomic E-state index is 5.62. The summed E-state index contributed by atoms with van der Waals surface area (Å²) in [5.74, 6) is 5.62. The first-order chi connectivity index (χ1) is 6.54. The Balaban J connectivity index is 4.51. The number of rotatable bonds is 7. The van der Waals surface area contributed by atoms with Crippen LogP contribution in [-0.2, 0) is 0 Å². The predicted molar refractivity (Wildman–Crippen MR) is 63.0 cm³/mol. The predicted octanol–water partition coefficient (Wildman–Crippen LogP) is 1.74. The Morgan fingerprint density at radius 2 is 1.71 bits per heavy atom. The summed E-state index contributed by atoms with van der Waals surface area (Å²) in [6.45, 7) is 13.3. The highest BCUT2D eigenvalue weighted by atomic mass is 15.3. The molecule has 0 aromatic heterocycles. The van der Waals surface area contributed by atoms with E-state index in [0.717, 1.165) is 19.5 Å². The molecule has 1 unspecified atom stereocenters. The monoisotopic (exact) mass is 201 g/mol. The summed E-state index contributed by atoms with van der Waals surface area (Å²) in [4.78, 5) is 2.45. The van der Waals surface area contributed by atoms with Gasteiger partial charge >= 0.3 is 0 Å². The van der Waals surface area contributed by atoms with Crippen LogP contribution in [0.1, 0.15) is 47.5 Å². The van der Waals surface area contributed by atoms with Crippen LogP contribution < -0.4 is 11.3 Å². The normalized spacial score (nSPS) is 14.8. The number of nitrogens with one attached hydrogen (secondary N) is 1. The second-order valence-corrected chi connectivity index (χ2v) is 4.33. The molecule has 3 N–H and O–H groups in total. The molecule has 0 bridgehead atoms. The van der Waals surface area contributed by atoms with Gasteiger partial charge in [0, 0.05) is 11.6 Å². The van der Waals surface area contributed by atoms with Crippen molar-refractivity contribution in [3.05, 3.63) is 0 Å². The summed E-state index contributed by atoms with van der Waals surface area (Å²) in [6, 6.07) is 0.368. The molecule has 0 aliphatic rings. The van der Waals surface area contributed by atoms with E-state index in [2.05, 4.69) is 44.9 Å². The zero-order chi connectivity index (χ0) is 11.2. The first-order valence-corrected chi connectivity index (χ1v) is 5.75. The SMILES string of the molecule is CCCC(NN)C(C)(C)N(CC)CC. The zero-order valence-corrected chi connectivity index (χ0v) is 10.4. The first-order valence-electron chi connectivity index (χ1n) is 5.75. The number of nitrogens with zero attached hydrogens (tertiary/aromatic N) is 1. The van der Waals surface area contributed by atoms with E-state index in [4.69, 9.17) is 5.84 Å². The lowest BCUT2D eigenvalue weighted by Gasteiger charge is -2.43. The molecule has 3 nitrogen and oxygen atoms in total. The standard InChI is InChI=1S/C11H27N3/c1-6-9-10(13-12)11(4,5)14(7-2)8-3/h10,13H,6-9,12H2,1-5H3. The quantitative estimate of drug-likeness (QED) is 0.487. The Labute approximate surface area is 89.0 Å². The molecule has 0 rings (SSSR count). The third-order valence-electron chi connectivity index (χ3n) is 3.21. The third kappa shape index (κ3) is 3.23. The molecule has 0 aromatic carbocycles. The van der Waals surface area contributed by atoms with E-state index >= 15 is 0 Å². The van der Waals surface area contributed by atoms with Crippen LogP contribution in [0.2, 0.25) is 0 Å². The highest BCUT2D eigenvalue weighted by Gasteiger charge is 2.32. The van der Waals surface area contributed by atoms with Crippen molar-refractivity contribution in [2.75, 3.05) is 13.1 Å². The number of likely N-dealkylation sites (N-methyl/N-ethyl adjacent to an activating group) is 1. The van der Waals surface area contributed by atoms with Crippen LogP contribution >= 0.6 is 0 Å². The highest BCUT2D eigenvalue weighted by molar-refractivity contribution is 4.91. The van der Waals surface area contributed by atoms with Crippen molar-refractivity contribution in [2.24, 2.45) is 5.84 Å². The molecule has 0 spiro atoms. The molecule has 0 fully saturated rings. The molecule has 0 aliphatic carbocycles. The van der Waals surface area contributed by atoms with Crippen LogP contribution in [0, 0.1) is 0 Å². The van der Waals surface area contributed by atoms with Crippen molar-refractivity contribution in [1.29, 1.82) is 0 Å². The minimum absolute atomic E-state index is 0.133. The fourth-order valence-electron chi connectivity index (χ4n) is 2.19. The van der Waals surface area contributed by atoms with Gasteiger partial charge in [-0.25, -0.2) is 0 Å². The van der Waals surface area contributed by atoms with Gasteiger partial charge in [-0.3, -0.25) is 16.2 Å². The molecule has 86 valence electrons. The average molecular weight is 201 g/mol. The first kappa shape index (κ1) is 13.9. The van der Waals surface area contributed by atoms with Gasteiger partial charge in [0.25, 0.3) is 0 Å². The summed E-state index contributed by atoms with van der Waals surface area (Å²) in [5.41, 5.74) is 3.08. The smallest absolute Gasteiger partial charge is 0.0389 e. The second-order valence-electron chi connectivity index (χ2n) is 4.33. The van der Waals surface area contributed by atoms with Gasteiger partial charge in [0.2, 0.25) is 0 Å². The Kier molecular flexibility index (Phi) is 6.33. The van der Waals surface area contributed by atoms with Gasteiger partial charge in [-0.05, 0) is 33.4 Å². The van der Waals surface area contributed by atoms with Gasteiger partial charge in [0.1, 0.15) is 0 Å². The van der Waals surface area contributed by atoms with Crippen molar-refractivity contribution in [1.82, 2.24) is 10.3 Å². The molecule has 0 amide bonds. The Morgan fingerprint density at radius 3 is 2.00 bits per heavy atom. The number of nitrogens with two attached hydrogens (primary N) is 1.